The standard InChI is InChI=1S/C26H36N2O6S/c1-17-11-18(2)25(19(3)12-17)35(30,31)28-10-8-9-21(16-28)26(29)27(4)15-20-13-22(32-5)24(34-7)23(14-20)33-6/h11-14,21H,8-10,15-16H2,1-7H3/t21-/m0/s1. The maximum absolute atomic E-state index is 13.5. The first-order valence-corrected chi connectivity index (χ1v) is 13.1. The van der Waals surface area contributed by atoms with E-state index in [1.54, 1.807) is 26.2 Å². The lowest BCUT2D eigenvalue weighted by Crippen LogP contribution is -2.45. The Labute approximate surface area is 208 Å². The molecule has 0 saturated carbocycles. The second-order valence-electron chi connectivity index (χ2n) is 9.16. The van der Waals surface area contributed by atoms with Crippen molar-refractivity contribution in [3.8, 4) is 17.2 Å². The minimum absolute atomic E-state index is 0.0870. The van der Waals surface area contributed by atoms with Crippen LogP contribution in [0.25, 0.3) is 0 Å². The molecular weight excluding hydrogens is 468 g/mol. The number of nitrogens with zero attached hydrogens (tertiary/aromatic N) is 2. The molecule has 1 aliphatic rings. The van der Waals surface area contributed by atoms with Gasteiger partial charge in [-0.15, -0.1) is 0 Å². The largest absolute Gasteiger partial charge is 0.493 e. The number of piperidine rings is 1. The van der Waals surface area contributed by atoms with E-state index in [1.165, 1.54) is 11.4 Å². The molecule has 1 aliphatic heterocycles. The average Bonchev–Trinajstić information content (AvgIpc) is 2.82. The number of hydrogen-bond donors (Lipinski definition) is 0. The highest BCUT2D eigenvalue weighted by atomic mass is 32.2. The van der Waals surface area contributed by atoms with Crippen LogP contribution in [-0.4, -0.2) is 65.0 Å². The predicted molar refractivity (Wildman–Crippen MR) is 135 cm³/mol. The number of rotatable bonds is 8. The van der Waals surface area contributed by atoms with E-state index in [1.807, 2.05) is 45.0 Å². The van der Waals surface area contributed by atoms with E-state index < -0.39 is 15.9 Å². The van der Waals surface area contributed by atoms with Gasteiger partial charge in [-0.2, -0.15) is 4.31 Å². The van der Waals surface area contributed by atoms with E-state index in [-0.39, 0.29) is 12.5 Å². The summed E-state index contributed by atoms with van der Waals surface area (Å²) in [4.78, 5) is 15.3. The zero-order chi connectivity index (χ0) is 25.9. The van der Waals surface area contributed by atoms with Gasteiger partial charge in [-0.3, -0.25) is 4.79 Å². The van der Waals surface area contributed by atoms with Crippen LogP contribution in [0.15, 0.2) is 29.2 Å². The normalized spacial score (nSPS) is 16.6. The summed E-state index contributed by atoms with van der Waals surface area (Å²) < 4.78 is 44.7. The van der Waals surface area contributed by atoms with Gasteiger partial charge in [-0.25, -0.2) is 8.42 Å². The summed E-state index contributed by atoms with van der Waals surface area (Å²) in [5.41, 5.74) is 3.31. The Balaban J connectivity index is 1.79. The molecule has 35 heavy (non-hydrogen) atoms. The second kappa shape index (κ2) is 10.9. The molecular formula is C26H36N2O6S. The molecule has 1 atom stereocenters. The first-order chi connectivity index (χ1) is 16.5. The number of carbonyl (C=O) groups excluding carboxylic acids is 1. The van der Waals surface area contributed by atoms with E-state index in [2.05, 4.69) is 0 Å². The van der Waals surface area contributed by atoms with Crippen molar-refractivity contribution in [2.75, 3.05) is 41.5 Å². The Morgan fingerprint density at radius 2 is 1.57 bits per heavy atom. The molecule has 9 heteroatoms. The van der Waals surface area contributed by atoms with Gasteiger partial charge >= 0.3 is 0 Å². The Morgan fingerprint density at radius 1 is 1.00 bits per heavy atom. The molecule has 0 N–H and O–H groups in total. The van der Waals surface area contributed by atoms with E-state index in [0.717, 1.165) is 22.3 Å². The van der Waals surface area contributed by atoms with Crippen LogP contribution in [0.5, 0.6) is 17.2 Å². The number of methoxy groups -OCH3 is 3. The first kappa shape index (κ1) is 26.8. The molecule has 0 radical (unpaired) electrons. The Bertz CT molecular complexity index is 1150. The molecule has 3 rings (SSSR count). The van der Waals surface area contributed by atoms with E-state index >= 15 is 0 Å². The molecule has 0 aliphatic carbocycles. The summed E-state index contributed by atoms with van der Waals surface area (Å²) in [7, 11) is 2.66. The van der Waals surface area contributed by atoms with Crippen LogP contribution in [0.2, 0.25) is 0 Å². The van der Waals surface area contributed by atoms with Gasteiger partial charge < -0.3 is 19.1 Å². The fourth-order valence-electron chi connectivity index (χ4n) is 4.96. The summed E-state index contributed by atoms with van der Waals surface area (Å²) in [5, 5.41) is 0. The zero-order valence-electron chi connectivity index (χ0n) is 21.7. The number of aryl methyl sites for hydroxylation is 3. The Kier molecular flexibility index (Phi) is 8.33. The van der Waals surface area contributed by atoms with E-state index in [4.69, 9.17) is 14.2 Å². The number of carbonyl (C=O) groups is 1. The topological polar surface area (TPSA) is 85.4 Å². The number of sulfonamides is 1. The van der Waals surface area contributed by atoms with Crippen molar-refractivity contribution < 1.29 is 27.4 Å². The highest BCUT2D eigenvalue weighted by Crippen LogP contribution is 2.38. The van der Waals surface area contributed by atoms with Gasteiger partial charge in [-0.1, -0.05) is 17.7 Å². The fraction of sp³-hybridized carbons (Fsp3) is 0.500. The molecule has 192 valence electrons. The van der Waals surface area contributed by atoms with Crippen molar-refractivity contribution in [3.05, 3.63) is 46.5 Å². The average molecular weight is 505 g/mol. The zero-order valence-corrected chi connectivity index (χ0v) is 22.5. The Morgan fingerprint density at radius 3 is 2.09 bits per heavy atom. The fourth-order valence-corrected chi connectivity index (χ4v) is 6.89. The van der Waals surface area contributed by atoms with Gasteiger partial charge in [0.25, 0.3) is 0 Å². The molecule has 1 heterocycles. The molecule has 1 amide bonds. The predicted octanol–water partition coefficient (Wildman–Crippen LogP) is 3.70. The monoisotopic (exact) mass is 504 g/mol. The third kappa shape index (κ3) is 5.56. The van der Waals surface area contributed by atoms with Gasteiger partial charge in [0.1, 0.15) is 0 Å². The summed E-state index contributed by atoms with van der Waals surface area (Å²) in [5.74, 6) is 1.03. The first-order valence-electron chi connectivity index (χ1n) is 11.6. The van der Waals surface area contributed by atoms with Gasteiger partial charge in [0, 0.05) is 26.7 Å². The van der Waals surface area contributed by atoms with Crippen molar-refractivity contribution in [3.63, 3.8) is 0 Å². The lowest BCUT2D eigenvalue weighted by Gasteiger charge is -2.34. The van der Waals surface area contributed by atoms with Crippen LogP contribution in [0.3, 0.4) is 0 Å². The molecule has 0 unspecified atom stereocenters. The minimum atomic E-state index is -3.70. The highest BCUT2D eigenvalue weighted by molar-refractivity contribution is 7.89. The maximum Gasteiger partial charge on any atom is 0.243 e. The number of ether oxygens (including phenoxy) is 3. The van der Waals surface area contributed by atoms with Crippen LogP contribution >= 0.6 is 0 Å². The van der Waals surface area contributed by atoms with Crippen molar-refractivity contribution in [1.82, 2.24) is 9.21 Å². The summed E-state index contributed by atoms with van der Waals surface area (Å²) in [6, 6.07) is 7.40. The van der Waals surface area contributed by atoms with Gasteiger partial charge in [0.05, 0.1) is 32.1 Å². The molecule has 8 nitrogen and oxygen atoms in total. The molecule has 2 aromatic carbocycles. The third-order valence-corrected chi connectivity index (χ3v) is 8.63. The quantitative estimate of drug-likeness (QED) is 0.545. The number of benzene rings is 2. The molecule has 2 aromatic rings. The summed E-state index contributed by atoms with van der Waals surface area (Å²) in [6.45, 7) is 6.52. The highest BCUT2D eigenvalue weighted by Gasteiger charge is 2.36. The van der Waals surface area contributed by atoms with Crippen molar-refractivity contribution >= 4 is 15.9 Å². The summed E-state index contributed by atoms with van der Waals surface area (Å²) >= 11 is 0. The number of amides is 1. The van der Waals surface area contributed by atoms with Crippen LogP contribution in [0.4, 0.5) is 0 Å². The lowest BCUT2D eigenvalue weighted by molar-refractivity contribution is -0.135. The van der Waals surface area contributed by atoms with Crippen LogP contribution in [-0.2, 0) is 21.4 Å². The van der Waals surface area contributed by atoms with Gasteiger partial charge in [0.15, 0.2) is 11.5 Å². The molecule has 0 aromatic heterocycles. The minimum Gasteiger partial charge on any atom is -0.493 e. The van der Waals surface area contributed by atoms with Gasteiger partial charge in [0.2, 0.25) is 21.7 Å². The van der Waals surface area contributed by atoms with Crippen molar-refractivity contribution in [2.24, 2.45) is 5.92 Å². The van der Waals surface area contributed by atoms with Crippen molar-refractivity contribution in [1.29, 1.82) is 0 Å². The van der Waals surface area contributed by atoms with E-state index in [9.17, 15) is 13.2 Å². The molecule has 1 saturated heterocycles. The van der Waals surface area contributed by atoms with Crippen molar-refractivity contribution in [2.45, 2.75) is 45.1 Å². The SMILES string of the molecule is COc1cc(CN(C)C(=O)[C@H]2CCCN(S(=O)(=O)c3c(C)cc(C)cc3C)C2)cc(OC)c1OC. The lowest BCUT2D eigenvalue weighted by atomic mass is 9.98. The number of hydrogen-bond acceptors (Lipinski definition) is 6. The van der Waals surface area contributed by atoms with Crippen LogP contribution in [0.1, 0.15) is 35.1 Å². The molecule has 1 fully saturated rings. The smallest absolute Gasteiger partial charge is 0.243 e. The maximum atomic E-state index is 13.5. The Hall–Kier alpha value is -2.78. The molecule has 0 spiro atoms. The second-order valence-corrected chi connectivity index (χ2v) is 11.0. The van der Waals surface area contributed by atoms with Crippen LogP contribution in [0, 0.1) is 26.7 Å². The summed E-state index contributed by atoms with van der Waals surface area (Å²) in [6.07, 6.45) is 1.29. The third-order valence-electron chi connectivity index (χ3n) is 6.46. The van der Waals surface area contributed by atoms with Gasteiger partial charge in [-0.05, 0) is 62.4 Å². The van der Waals surface area contributed by atoms with Crippen LogP contribution < -0.4 is 14.2 Å². The van der Waals surface area contributed by atoms with E-state index in [0.29, 0.717) is 48.1 Å². The molecule has 0 bridgehead atoms.